The smallest absolute Gasteiger partial charge is 0.240 e. The summed E-state index contributed by atoms with van der Waals surface area (Å²) in [5.74, 6) is -0.137. The molecular weight excluding hydrogens is 264 g/mol. The van der Waals surface area contributed by atoms with Gasteiger partial charge in [0.15, 0.2) is 0 Å². The first-order chi connectivity index (χ1) is 10.0. The number of aryl methyl sites for hydroxylation is 1. The van der Waals surface area contributed by atoms with E-state index in [0.717, 1.165) is 44.1 Å². The topological polar surface area (TPSA) is 63.4 Å². The molecule has 2 amide bonds. The Labute approximate surface area is 125 Å². The maximum absolute atomic E-state index is 12.9. The van der Waals surface area contributed by atoms with Crippen LogP contribution in [-0.4, -0.2) is 11.8 Å². The molecule has 112 valence electrons. The van der Waals surface area contributed by atoms with E-state index in [4.69, 9.17) is 5.73 Å². The number of nitrogens with two attached hydrogens (primary N) is 1. The third-order valence-corrected chi connectivity index (χ3v) is 4.88. The summed E-state index contributed by atoms with van der Waals surface area (Å²) in [5.41, 5.74) is 7.64. The summed E-state index contributed by atoms with van der Waals surface area (Å²) in [5, 5.41) is 0. The van der Waals surface area contributed by atoms with E-state index in [1.807, 2.05) is 19.1 Å². The van der Waals surface area contributed by atoms with E-state index in [1.165, 1.54) is 4.90 Å². The van der Waals surface area contributed by atoms with Gasteiger partial charge in [0.05, 0.1) is 16.8 Å². The number of carbonyl (C=O) groups is 2. The van der Waals surface area contributed by atoms with Crippen LogP contribution in [0.5, 0.6) is 0 Å². The molecule has 1 saturated carbocycles. The van der Waals surface area contributed by atoms with Gasteiger partial charge in [0.2, 0.25) is 11.8 Å². The summed E-state index contributed by atoms with van der Waals surface area (Å²) < 4.78 is 0. The van der Waals surface area contributed by atoms with Crippen LogP contribution in [0, 0.1) is 12.3 Å². The van der Waals surface area contributed by atoms with Crippen molar-refractivity contribution in [1.82, 2.24) is 0 Å². The Morgan fingerprint density at radius 1 is 1.10 bits per heavy atom. The molecule has 4 heteroatoms. The molecule has 1 aromatic rings. The summed E-state index contributed by atoms with van der Waals surface area (Å²) in [6.07, 6.45) is 6.41. The highest BCUT2D eigenvalue weighted by molar-refractivity contribution is 6.23. The first kappa shape index (κ1) is 14.1. The number of imide groups is 1. The van der Waals surface area contributed by atoms with Gasteiger partial charge in [0.25, 0.3) is 0 Å². The standard InChI is InChI=1S/C17H22N2O2/c1-12-6-7-14(13(18)10-12)19-15(20)11-17(16(19)21)8-4-2-3-5-9-17/h6-7,10H,2-5,8-9,11,18H2,1H3. The fourth-order valence-electron chi connectivity index (χ4n) is 3.71. The van der Waals surface area contributed by atoms with Crippen molar-refractivity contribution in [2.24, 2.45) is 5.41 Å². The minimum absolute atomic E-state index is 0.0371. The lowest BCUT2D eigenvalue weighted by molar-refractivity contribution is -0.126. The van der Waals surface area contributed by atoms with E-state index in [9.17, 15) is 9.59 Å². The molecular formula is C17H22N2O2. The second-order valence-electron chi connectivity index (χ2n) is 6.47. The van der Waals surface area contributed by atoms with E-state index in [0.29, 0.717) is 17.8 Å². The van der Waals surface area contributed by atoms with Crippen LogP contribution < -0.4 is 10.6 Å². The second-order valence-corrected chi connectivity index (χ2v) is 6.47. The number of nitrogen functional groups attached to an aromatic ring is 1. The van der Waals surface area contributed by atoms with Crippen LogP contribution in [-0.2, 0) is 9.59 Å². The van der Waals surface area contributed by atoms with Gasteiger partial charge in [-0.2, -0.15) is 0 Å². The highest BCUT2D eigenvalue weighted by Gasteiger charge is 2.51. The molecule has 0 aromatic heterocycles. The van der Waals surface area contributed by atoms with E-state index in [2.05, 4.69) is 0 Å². The third-order valence-electron chi connectivity index (χ3n) is 4.88. The predicted molar refractivity (Wildman–Crippen MR) is 82.8 cm³/mol. The maximum atomic E-state index is 12.9. The van der Waals surface area contributed by atoms with E-state index >= 15 is 0 Å². The molecule has 1 saturated heterocycles. The van der Waals surface area contributed by atoms with Crippen molar-refractivity contribution in [3.63, 3.8) is 0 Å². The number of hydrogen-bond donors (Lipinski definition) is 1. The van der Waals surface area contributed by atoms with Gasteiger partial charge in [-0.25, -0.2) is 4.90 Å². The zero-order chi connectivity index (χ0) is 15.0. The van der Waals surface area contributed by atoms with Gasteiger partial charge in [-0.15, -0.1) is 0 Å². The lowest BCUT2D eigenvalue weighted by atomic mass is 9.79. The van der Waals surface area contributed by atoms with Gasteiger partial charge in [-0.3, -0.25) is 9.59 Å². The maximum Gasteiger partial charge on any atom is 0.240 e. The molecule has 0 bridgehead atoms. The van der Waals surface area contributed by atoms with Crippen LogP contribution in [0.3, 0.4) is 0 Å². The highest BCUT2D eigenvalue weighted by atomic mass is 16.2. The molecule has 0 radical (unpaired) electrons. The summed E-state index contributed by atoms with van der Waals surface area (Å²) in [6, 6.07) is 5.49. The van der Waals surface area contributed by atoms with Crippen molar-refractivity contribution in [2.45, 2.75) is 51.9 Å². The zero-order valence-corrected chi connectivity index (χ0v) is 12.5. The van der Waals surface area contributed by atoms with Crippen molar-refractivity contribution < 1.29 is 9.59 Å². The summed E-state index contributed by atoms with van der Waals surface area (Å²) in [7, 11) is 0. The lowest BCUT2D eigenvalue weighted by Gasteiger charge is -2.25. The van der Waals surface area contributed by atoms with E-state index in [-0.39, 0.29) is 11.8 Å². The molecule has 1 aliphatic carbocycles. The average Bonchev–Trinajstić information content (AvgIpc) is 2.60. The molecule has 2 fully saturated rings. The number of benzene rings is 1. The minimum Gasteiger partial charge on any atom is -0.397 e. The lowest BCUT2D eigenvalue weighted by Crippen LogP contribution is -2.36. The van der Waals surface area contributed by atoms with Gasteiger partial charge >= 0.3 is 0 Å². The van der Waals surface area contributed by atoms with E-state index < -0.39 is 5.41 Å². The van der Waals surface area contributed by atoms with Gasteiger partial charge < -0.3 is 5.73 Å². The molecule has 1 spiro atoms. The average molecular weight is 286 g/mol. The zero-order valence-electron chi connectivity index (χ0n) is 12.5. The Bertz CT molecular complexity index is 586. The Hall–Kier alpha value is -1.84. The van der Waals surface area contributed by atoms with E-state index in [1.54, 1.807) is 6.07 Å². The molecule has 21 heavy (non-hydrogen) atoms. The molecule has 0 unspecified atom stereocenters. The third kappa shape index (κ3) is 2.33. The Morgan fingerprint density at radius 2 is 1.76 bits per heavy atom. The number of rotatable bonds is 1. The SMILES string of the molecule is Cc1ccc(N2C(=O)CC3(CCCCCC3)C2=O)c(N)c1. The van der Waals surface area contributed by atoms with Crippen molar-refractivity contribution in [3.05, 3.63) is 23.8 Å². The monoisotopic (exact) mass is 286 g/mol. The Balaban J connectivity index is 1.97. The van der Waals surface area contributed by atoms with Gasteiger partial charge in [-0.05, 0) is 37.5 Å². The Morgan fingerprint density at radius 3 is 2.38 bits per heavy atom. The Kier molecular flexibility index (Phi) is 3.47. The number of hydrogen-bond acceptors (Lipinski definition) is 3. The van der Waals surface area contributed by atoms with Crippen LogP contribution in [0.25, 0.3) is 0 Å². The first-order valence-electron chi connectivity index (χ1n) is 7.77. The summed E-state index contributed by atoms with van der Waals surface area (Å²) >= 11 is 0. The van der Waals surface area contributed by atoms with Gasteiger partial charge in [0, 0.05) is 6.42 Å². The number of anilines is 2. The van der Waals surface area contributed by atoms with Crippen molar-refractivity contribution in [2.75, 3.05) is 10.6 Å². The van der Waals surface area contributed by atoms with Crippen LogP contribution in [0.1, 0.15) is 50.5 Å². The molecule has 2 N–H and O–H groups in total. The molecule has 1 heterocycles. The molecule has 0 atom stereocenters. The fraction of sp³-hybridized carbons (Fsp3) is 0.529. The molecule has 3 rings (SSSR count). The first-order valence-corrected chi connectivity index (χ1v) is 7.77. The molecule has 1 aromatic carbocycles. The number of amides is 2. The van der Waals surface area contributed by atoms with Gasteiger partial charge in [0.1, 0.15) is 0 Å². The van der Waals surface area contributed by atoms with Crippen LogP contribution in [0.4, 0.5) is 11.4 Å². The van der Waals surface area contributed by atoms with Crippen LogP contribution in [0.2, 0.25) is 0 Å². The molecule has 4 nitrogen and oxygen atoms in total. The number of nitrogens with zero attached hydrogens (tertiary/aromatic N) is 1. The highest BCUT2D eigenvalue weighted by Crippen LogP contribution is 2.46. The van der Waals surface area contributed by atoms with Gasteiger partial charge in [-0.1, -0.05) is 31.7 Å². The van der Waals surface area contributed by atoms with Crippen LogP contribution >= 0.6 is 0 Å². The summed E-state index contributed by atoms with van der Waals surface area (Å²) in [4.78, 5) is 26.7. The predicted octanol–water partition coefficient (Wildman–Crippen LogP) is 3.18. The normalized spacial score (nSPS) is 21.9. The van der Waals surface area contributed by atoms with Crippen molar-refractivity contribution in [1.29, 1.82) is 0 Å². The summed E-state index contributed by atoms with van der Waals surface area (Å²) in [6.45, 7) is 1.94. The largest absolute Gasteiger partial charge is 0.397 e. The van der Waals surface area contributed by atoms with Crippen LogP contribution in [0.15, 0.2) is 18.2 Å². The van der Waals surface area contributed by atoms with Crippen molar-refractivity contribution >= 4 is 23.2 Å². The molecule has 1 aliphatic heterocycles. The fourth-order valence-corrected chi connectivity index (χ4v) is 3.71. The van der Waals surface area contributed by atoms with Crippen molar-refractivity contribution in [3.8, 4) is 0 Å². The quantitative estimate of drug-likeness (QED) is 0.637. The molecule has 2 aliphatic rings. The number of carbonyl (C=O) groups excluding carboxylic acids is 2. The second kappa shape index (κ2) is 5.17. The minimum atomic E-state index is -0.467.